The van der Waals surface area contributed by atoms with Crippen LogP contribution in [0.4, 0.5) is 4.79 Å². The smallest absolute Gasteiger partial charge is 0.315 e. The number of carbonyl (C=O) groups is 2. The summed E-state index contributed by atoms with van der Waals surface area (Å²) in [6.07, 6.45) is 1.46. The number of hydrogen-bond donors (Lipinski definition) is 3. The van der Waals surface area contributed by atoms with Crippen molar-refractivity contribution in [2.24, 2.45) is 0 Å². The first-order valence-electron chi connectivity index (χ1n) is 6.32. The molecule has 1 unspecified atom stereocenters. The van der Waals surface area contributed by atoms with E-state index in [2.05, 4.69) is 10.6 Å². The van der Waals surface area contributed by atoms with Crippen LogP contribution in [-0.2, 0) is 11.3 Å². The van der Waals surface area contributed by atoms with E-state index in [9.17, 15) is 9.59 Å². The molecular formula is C13H20N2O3S. The lowest BCUT2D eigenvalue weighted by Gasteiger charge is -2.16. The number of carbonyl (C=O) groups excluding carboxylic acids is 1. The van der Waals surface area contributed by atoms with E-state index in [1.807, 2.05) is 25.3 Å². The Balaban J connectivity index is 2.39. The van der Waals surface area contributed by atoms with Gasteiger partial charge in [0.05, 0.1) is 13.0 Å². The fourth-order valence-electron chi connectivity index (χ4n) is 1.77. The van der Waals surface area contributed by atoms with Crippen LogP contribution < -0.4 is 10.6 Å². The standard InChI is InChI=1S/C13H20N2O3S/c1-3-4-10(7-12(16)17)15-13(18)14-8-11-9(2)5-6-19-11/h5-6,10H,3-4,7-8H2,1-2H3,(H,16,17)(H2,14,15,18). The molecule has 0 aliphatic heterocycles. The number of rotatable bonds is 7. The third kappa shape index (κ3) is 5.74. The Morgan fingerprint density at radius 3 is 2.74 bits per heavy atom. The minimum atomic E-state index is -0.896. The van der Waals surface area contributed by atoms with Crippen LogP contribution in [0, 0.1) is 6.92 Å². The number of nitrogens with one attached hydrogen (secondary N) is 2. The minimum absolute atomic E-state index is 0.0424. The molecule has 0 saturated carbocycles. The maximum atomic E-state index is 11.7. The number of carboxylic acids is 1. The maximum Gasteiger partial charge on any atom is 0.315 e. The molecule has 0 radical (unpaired) electrons. The molecular weight excluding hydrogens is 264 g/mol. The molecule has 0 aromatic carbocycles. The molecule has 6 heteroatoms. The van der Waals surface area contributed by atoms with Crippen LogP contribution in [0.25, 0.3) is 0 Å². The second kappa shape index (κ2) is 7.78. The summed E-state index contributed by atoms with van der Waals surface area (Å²) in [5, 5.41) is 16.2. The first kappa shape index (κ1) is 15.5. The van der Waals surface area contributed by atoms with Crippen molar-refractivity contribution >= 4 is 23.3 Å². The van der Waals surface area contributed by atoms with E-state index < -0.39 is 5.97 Å². The fraction of sp³-hybridized carbons (Fsp3) is 0.538. The number of urea groups is 1. The van der Waals surface area contributed by atoms with Gasteiger partial charge in [0.15, 0.2) is 0 Å². The average Bonchev–Trinajstić information content (AvgIpc) is 2.71. The molecule has 0 aliphatic rings. The summed E-state index contributed by atoms with van der Waals surface area (Å²) in [5.74, 6) is -0.896. The zero-order chi connectivity index (χ0) is 14.3. The number of thiophene rings is 1. The molecule has 0 saturated heterocycles. The molecule has 0 spiro atoms. The Kier molecular flexibility index (Phi) is 6.35. The van der Waals surface area contributed by atoms with Gasteiger partial charge in [-0.1, -0.05) is 13.3 Å². The zero-order valence-corrected chi connectivity index (χ0v) is 12.0. The van der Waals surface area contributed by atoms with Crippen molar-refractivity contribution < 1.29 is 14.7 Å². The van der Waals surface area contributed by atoms with Gasteiger partial charge in [0.2, 0.25) is 0 Å². The normalized spacial score (nSPS) is 11.9. The van der Waals surface area contributed by atoms with E-state index in [1.54, 1.807) is 11.3 Å². The molecule has 3 N–H and O–H groups in total. The molecule has 1 heterocycles. The second-order valence-electron chi connectivity index (χ2n) is 4.44. The van der Waals surface area contributed by atoms with Crippen molar-refractivity contribution in [2.75, 3.05) is 0 Å². The molecule has 0 aliphatic carbocycles. The fourth-order valence-corrected chi connectivity index (χ4v) is 2.61. The van der Waals surface area contributed by atoms with Crippen molar-refractivity contribution in [1.29, 1.82) is 0 Å². The van der Waals surface area contributed by atoms with Gasteiger partial charge < -0.3 is 15.7 Å². The predicted octanol–water partition coefficient (Wildman–Crippen LogP) is 2.50. The summed E-state index contributed by atoms with van der Waals surface area (Å²) in [6.45, 7) is 4.43. The number of carboxylic acid groups (broad SMARTS) is 1. The lowest BCUT2D eigenvalue weighted by atomic mass is 10.1. The van der Waals surface area contributed by atoms with E-state index in [-0.39, 0.29) is 18.5 Å². The second-order valence-corrected chi connectivity index (χ2v) is 5.44. The molecule has 5 nitrogen and oxygen atoms in total. The van der Waals surface area contributed by atoms with Crippen LogP contribution in [0.2, 0.25) is 0 Å². The largest absolute Gasteiger partial charge is 0.481 e. The van der Waals surface area contributed by atoms with Gasteiger partial charge in [0.25, 0.3) is 0 Å². The molecule has 0 bridgehead atoms. The Hall–Kier alpha value is -1.56. The topological polar surface area (TPSA) is 78.4 Å². The van der Waals surface area contributed by atoms with Crippen LogP contribution in [0.5, 0.6) is 0 Å². The third-order valence-electron chi connectivity index (χ3n) is 2.77. The average molecular weight is 284 g/mol. The Bertz CT molecular complexity index is 431. The SMILES string of the molecule is CCCC(CC(=O)O)NC(=O)NCc1sccc1C. The number of aliphatic carboxylic acids is 1. The molecule has 19 heavy (non-hydrogen) atoms. The molecule has 1 aromatic heterocycles. The number of amides is 2. The summed E-state index contributed by atoms with van der Waals surface area (Å²) in [4.78, 5) is 23.5. The lowest BCUT2D eigenvalue weighted by molar-refractivity contribution is -0.137. The summed E-state index contributed by atoms with van der Waals surface area (Å²) in [7, 11) is 0. The van der Waals surface area contributed by atoms with Crippen molar-refractivity contribution in [2.45, 2.75) is 45.7 Å². The highest BCUT2D eigenvalue weighted by molar-refractivity contribution is 7.10. The predicted molar refractivity (Wildman–Crippen MR) is 75.4 cm³/mol. The van der Waals surface area contributed by atoms with E-state index in [0.29, 0.717) is 13.0 Å². The third-order valence-corrected chi connectivity index (χ3v) is 3.79. The zero-order valence-electron chi connectivity index (χ0n) is 11.2. The van der Waals surface area contributed by atoms with Crippen LogP contribution >= 0.6 is 11.3 Å². The Morgan fingerprint density at radius 1 is 1.47 bits per heavy atom. The van der Waals surface area contributed by atoms with E-state index in [0.717, 1.165) is 16.9 Å². The van der Waals surface area contributed by atoms with Crippen LogP contribution in [-0.4, -0.2) is 23.1 Å². The molecule has 2 amide bonds. The highest BCUT2D eigenvalue weighted by Gasteiger charge is 2.15. The van der Waals surface area contributed by atoms with Crippen molar-refractivity contribution in [3.05, 3.63) is 21.9 Å². The summed E-state index contributed by atoms with van der Waals surface area (Å²) in [6, 6.07) is 1.38. The van der Waals surface area contributed by atoms with Crippen LogP contribution in [0.3, 0.4) is 0 Å². The summed E-state index contributed by atoms with van der Waals surface area (Å²) >= 11 is 1.59. The monoisotopic (exact) mass is 284 g/mol. The lowest BCUT2D eigenvalue weighted by Crippen LogP contribution is -2.42. The van der Waals surface area contributed by atoms with Crippen LogP contribution in [0.1, 0.15) is 36.6 Å². The van der Waals surface area contributed by atoms with Gasteiger partial charge >= 0.3 is 12.0 Å². The Labute approximate surface area is 117 Å². The molecule has 106 valence electrons. The van der Waals surface area contributed by atoms with Gasteiger partial charge in [0.1, 0.15) is 0 Å². The highest BCUT2D eigenvalue weighted by atomic mass is 32.1. The van der Waals surface area contributed by atoms with E-state index >= 15 is 0 Å². The summed E-state index contributed by atoms with van der Waals surface area (Å²) in [5.41, 5.74) is 1.15. The van der Waals surface area contributed by atoms with Crippen molar-refractivity contribution in [3.63, 3.8) is 0 Å². The van der Waals surface area contributed by atoms with Gasteiger partial charge in [0, 0.05) is 10.9 Å². The molecule has 0 fully saturated rings. The van der Waals surface area contributed by atoms with Crippen LogP contribution in [0.15, 0.2) is 11.4 Å². The van der Waals surface area contributed by atoms with Gasteiger partial charge in [-0.15, -0.1) is 11.3 Å². The first-order valence-corrected chi connectivity index (χ1v) is 7.20. The summed E-state index contributed by atoms with van der Waals surface area (Å²) < 4.78 is 0. The molecule has 1 aromatic rings. The van der Waals surface area contributed by atoms with Gasteiger partial charge in [-0.25, -0.2) is 4.79 Å². The molecule has 1 atom stereocenters. The van der Waals surface area contributed by atoms with Gasteiger partial charge in [-0.05, 0) is 30.4 Å². The van der Waals surface area contributed by atoms with E-state index in [4.69, 9.17) is 5.11 Å². The Morgan fingerprint density at radius 2 is 2.21 bits per heavy atom. The number of aryl methyl sites for hydroxylation is 1. The number of hydrogen-bond acceptors (Lipinski definition) is 3. The highest BCUT2D eigenvalue weighted by Crippen LogP contribution is 2.14. The first-order chi connectivity index (χ1) is 9.02. The quantitative estimate of drug-likeness (QED) is 0.720. The maximum absolute atomic E-state index is 11.7. The van der Waals surface area contributed by atoms with E-state index in [1.165, 1.54) is 0 Å². The molecule has 1 rings (SSSR count). The van der Waals surface area contributed by atoms with Gasteiger partial charge in [-0.2, -0.15) is 0 Å². The van der Waals surface area contributed by atoms with Crippen molar-refractivity contribution in [3.8, 4) is 0 Å². The van der Waals surface area contributed by atoms with Crippen molar-refractivity contribution in [1.82, 2.24) is 10.6 Å². The minimum Gasteiger partial charge on any atom is -0.481 e. The van der Waals surface area contributed by atoms with Gasteiger partial charge in [-0.3, -0.25) is 4.79 Å².